The first-order valence-corrected chi connectivity index (χ1v) is 7.24. The van der Waals surface area contributed by atoms with E-state index in [1.165, 1.54) is 0 Å². The number of rotatable bonds is 11. The quantitative estimate of drug-likeness (QED) is 0.564. The predicted octanol–water partition coefficient (Wildman–Crippen LogP) is 0.801. The molecule has 0 aromatic rings. The number of nitrogens with one attached hydrogen (secondary N) is 1. The van der Waals surface area contributed by atoms with Crippen molar-refractivity contribution < 1.29 is 9.53 Å². The summed E-state index contributed by atoms with van der Waals surface area (Å²) < 4.78 is 5.07. The SMILES string of the molecule is CCNC(CCN(C)CCCN(C)C)C(=O)OCC. The predicted molar refractivity (Wildman–Crippen MR) is 79.4 cm³/mol. The van der Waals surface area contributed by atoms with Crippen LogP contribution in [0.3, 0.4) is 0 Å². The standard InChI is InChI=1S/C14H31N3O2/c1-6-15-13(14(18)19-7-2)9-12-17(5)11-8-10-16(3)4/h13,15H,6-12H2,1-5H3. The highest BCUT2D eigenvalue weighted by Crippen LogP contribution is 1.99. The van der Waals surface area contributed by atoms with Gasteiger partial charge in [-0.25, -0.2) is 0 Å². The molecule has 5 nitrogen and oxygen atoms in total. The summed E-state index contributed by atoms with van der Waals surface area (Å²) in [5.74, 6) is -0.133. The summed E-state index contributed by atoms with van der Waals surface area (Å²) in [7, 11) is 6.27. The molecule has 0 bridgehead atoms. The van der Waals surface area contributed by atoms with Gasteiger partial charge in [0, 0.05) is 0 Å². The molecule has 1 unspecified atom stereocenters. The third-order valence-corrected chi connectivity index (χ3v) is 2.97. The lowest BCUT2D eigenvalue weighted by molar-refractivity contribution is -0.145. The number of hydrogen-bond donors (Lipinski definition) is 1. The van der Waals surface area contributed by atoms with Crippen LogP contribution in [0.1, 0.15) is 26.7 Å². The molecular weight excluding hydrogens is 242 g/mol. The van der Waals surface area contributed by atoms with E-state index in [4.69, 9.17) is 4.74 Å². The Bertz CT molecular complexity index is 235. The van der Waals surface area contributed by atoms with Gasteiger partial charge in [0.15, 0.2) is 0 Å². The molecule has 0 rings (SSSR count). The Labute approximate surface area is 118 Å². The number of ether oxygens (including phenoxy) is 1. The van der Waals surface area contributed by atoms with Gasteiger partial charge in [-0.05, 0) is 67.1 Å². The van der Waals surface area contributed by atoms with Crippen LogP contribution >= 0.6 is 0 Å². The summed E-state index contributed by atoms with van der Waals surface area (Å²) in [4.78, 5) is 16.2. The van der Waals surface area contributed by atoms with Gasteiger partial charge in [0.25, 0.3) is 0 Å². The van der Waals surface area contributed by atoms with Crippen LogP contribution in [-0.2, 0) is 9.53 Å². The molecule has 0 aliphatic heterocycles. The van der Waals surface area contributed by atoms with Gasteiger partial charge >= 0.3 is 5.97 Å². The Balaban J connectivity index is 3.92. The molecule has 5 heteroatoms. The molecule has 0 fully saturated rings. The average Bonchev–Trinajstić information content (AvgIpc) is 2.34. The second kappa shape index (κ2) is 11.2. The van der Waals surface area contributed by atoms with Crippen molar-refractivity contribution in [2.45, 2.75) is 32.7 Å². The van der Waals surface area contributed by atoms with Crippen molar-refractivity contribution in [1.29, 1.82) is 0 Å². The number of carbonyl (C=O) groups excluding carboxylic acids is 1. The zero-order valence-corrected chi connectivity index (χ0v) is 13.2. The molecule has 114 valence electrons. The van der Waals surface area contributed by atoms with Crippen molar-refractivity contribution in [3.05, 3.63) is 0 Å². The smallest absolute Gasteiger partial charge is 0.323 e. The maximum absolute atomic E-state index is 11.7. The molecule has 0 amide bonds. The van der Waals surface area contributed by atoms with Gasteiger partial charge in [0.05, 0.1) is 6.61 Å². The molecule has 0 aliphatic carbocycles. The fraction of sp³-hybridized carbons (Fsp3) is 0.929. The van der Waals surface area contributed by atoms with Crippen molar-refractivity contribution in [1.82, 2.24) is 15.1 Å². The normalized spacial score (nSPS) is 13.0. The second-order valence-electron chi connectivity index (χ2n) is 5.11. The van der Waals surface area contributed by atoms with Crippen LogP contribution in [-0.4, -0.2) is 75.7 Å². The molecule has 0 spiro atoms. The van der Waals surface area contributed by atoms with E-state index in [-0.39, 0.29) is 12.0 Å². The van der Waals surface area contributed by atoms with E-state index >= 15 is 0 Å². The third kappa shape index (κ3) is 9.87. The van der Waals surface area contributed by atoms with Gasteiger partial charge in [0.2, 0.25) is 0 Å². The molecule has 1 atom stereocenters. The van der Waals surface area contributed by atoms with Gasteiger partial charge in [-0.3, -0.25) is 4.79 Å². The summed E-state index contributed by atoms with van der Waals surface area (Å²) in [6, 6.07) is -0.179. The Hall–Kier alpha value is -0.650. The maximum atomic E-state index is 11.7. The maximum Gasteiger partial charge on any atom is 0.323 e. The highest BCUT2D eigenvalue weighted by Gasteiger charge is 2.18. The molecule has 19 heavy (non-hydrogen) atoms. The van der Waals surface area contributed by atoms with E-state index in [2.05, 4.69) is 36.3 Å². The van der Waals surface area contributed by atoms with E-state index < -0.39 is 0 Å². The lowest BCUT2D eigenvalue weighted by Crippen LogP contribution is -2.40. The minimum atomic E-state index is -0.179. The molecule has 0 heterocycles. The average molecular weight is 273 g/mol. The lowest BCUT2D eigenvalue weighted by Gasteiger charge is -2.21. The van der Waals surface area contributed by atoms with E-state index in [1.807, 2.05) is 13.8 Å². The minimum Gasteiger partial charge on any atom is -0.465 e. The molecule has 0 aromatic heterocycles. The molecule has 1 N–H and O–H groups in total. The van der Waals surface area contributed by atoms with E-state index in [0.717, 1.165) is 39.0 Å². The van der Waals surface area contributed by atoms with Crippen LogP contribution in [0, 0.1) is 0 Å². The molecular formula is C14H31N3O2. The van der Waals surface area contributed by atoms with Crippen LogP contribution in [0.15, 0.2) is 0 Å². The number of nitrogens with zero attached hydrogens (tertiary/aromatic N) is 2. The van der Waals surface area contributed by atoms with E-state index in [1.54, 1.807) is 0 Å². The molecule has 0 saturated carbocycles. The molecule has 0 saturated heterocycles. The van der Waals surface area contributed by atoms with Gasteiger partial charge in [-0.1, -0.05) is 6.92 Å². The van der Waals surface area contributed by atoms with E-state index in [0.29, 0.717) is 6.61 Å². The number of hydrogen-bond acceptors (Lipinski definition) is 5. The first kappa shape index (κ1) is 18.4. The van der Waals surface area contributed by atoms with Crippen molar-refractivity contribution in [3.63, 3.8) is 0 Å². The zero-order chi connectivity index (χ0) is 14.7. The van der Waals surface area contributed by atoms with Gasteiger partial charge < -0.3 is 19.9 Å². The minimum absolute atomic E-state index is 0.133. The number of likely N-dealkylation sites (N-methyl/N-ethyl adjacent to an activating group) is 1. The zero-order valence-electron chi connectivity index (χ0n) is 13.2. The summed E-state index contributed by atoms with van der Waals surface area (Å²) in [5, 5.41) is 3.19. The van der Waals surface area contributed by atoms with E-state index in [9.17, 15) is 4.79 Å². The Morgan fingerprint density at radius 1 is 1.16 bits per heavy atom. The third-order valence-electron chi connectivity index (χ3n) is 2.97. The van der Waals surface area contributed by atoms with Crippen LogP contribution in [0.5, 0.6) is 0 Å². The Morgan fingerprint density at radius 2 is 1.84 bits per heavy atom. The highest BCUT2D eigenvalue weighted by molar-refractivity contribution is 5.75. The summed E-state index contributed by atoms with van der Waals surface area (Å²) in [5.41, 5.74) is 0. The van der Waals surface area contributed by atoms with Crippen LogP contribution in [0.4, 0.5) is 0 Å². The largest absolute Gasteiger partial charge is 0.465 e. The first-order valence-electron chi connectivity index (χ1n) is 7.24. The fourth-order valence-corrected chi connectivity index (χ4v) is 1.91. The van der Waals surface area contributed by atoms with Gasteiger partial charge in [0.1, 0.15) is 6.04 Å². The van der Waals surface area contributed by atoms with Crippen molar-refractivity contribution in [3.8, 4) is 0 Å². The van der Waals surface area contributed by atoms with Crippen LogP contribution < -0.4 is 5.32 Å². The Kier molecular flexibility index (Phi) is 10.8. The van der Waals surface area contributed by atoms with Crippen LogP contribution in [0.2, 0.25) is 0 Å². The first-order chi connectivity index (χ1) is 9.01. The van der Waals surface area contributed by atoms with Gasteiger partial charge in [-0.2, -0.15) is 0 Å². The molecule has 0 aromatic carbocycles. The fourth-order valence-electron chi connectivity index (χ4n) is 1.91. The Morgan fingerprint density at radius 3 is 2.37 bits per heavy atom. The molecule has 0 radical (unpaired) electrons. The molecule has 0 aliphatic rings. The van der Waals surface area contributed by atoms with Gasteiger partial charge in [-0.15, -0.1) is 0 Å². The van der Waals surface area contributed by atoms with Crippen molar-refractivity contribution in [2.75, 3.05) is 53.9 Å². The number of esters is 1. The van der Waals surface area contributed by atoms with Crippen molar-refractivity contribution in [2.24, 2.45) is 0 Å². The summed E-state index contributed by atoms with van der Waals surface area (Å²) in [6.45, 7) is 8.14. The topological polar surface area (TPSA) is 44.8 Å². The summed E-state index contributed by atoms with van der Waals surface area (Å²) in [6.07, 6.45) is 1.94. The second-order valence-corrected chi connectivity index (χ2v) is 5.11. The lowest BCUT2D eigenvalue weighted by atomic mass is 10.2. The van der Waals surface area contributed by atoms with Crippen LogP contribution in [0.25, 0.3) is 0 Å². The highest BCUT2D eigenvalue weighted by atomic mass is 16.5. The number of carbonyl (C=O) groups is 1. The summed E-state index contributed by atoms with van der Waals surface area (Å²) >= 11 is 0. The monoisotopic (exact) mass is 273 g/mol. The van der Waals surface area contributed by atoms with Crippen molar-refractivity contribution >= 4 is 5.97 Å².